The van der Waals surface area contributed by atoms with Crippen molar-refractivity contribution in [2.24, 2.45) is 0 Å². The van der Waals surface area contributed by atoms with Crippen molar-refractivity contribution >= 4 is 55.3 Å². The summed E-state index contributed by atoms with van der Waals surface area (Å²) in [7, 11) is 0. The molecule has 1 heterocycles. The van der Waals surface area contributed by atoms with Gasteiger partial charge in [-0.2, -0.15) is 5.26 Å². The van der Waals surface area contributed by atoms with Gasteiger partial charge in [0, 0.05) is 9.37 Å². The van der Waals surface area contributed by atoms with Crippen molar-refractivity contribution < 1.29 is 4.42 Å². The second kappa shape index (κ2) is 8.09. The summed E-state index contributed by atoms with van der Waals surface area (Å²) >= 11 is 8.48. The van der Waals surface area contributed by atoms with Gasteiger partial charge < -0.3 is 4.42 Å². The van der Waals surface area contributed by atoms with Gasteiger partial charge in [0.15, 0.2) is 5.09 Å². The fraction of sp³-hybridized carbons (Fsp3) is 0.0500. The molecule has 3 rings (SSSR count). The summed E-state index contributed by atoms with van der Waals surface area (Å²) in [5, 5.41) is 10.2. The minimum absolute atomic E-state index is 0.556. The number of allylic oxidation sites excluding steroid dienone is 1. The number of nitriles is 1. The van der Waals surface area contributed by atoms with Gasteiger partial charge in [-0.3, -0.25) is 0 Å². The van der Waals surface area contributed by atoms with Gasteiger partial charge in [0.25, 0.3) is 0 Å². The number of benzene rings is 2. The van der Waals surface area contributed by atoms with Crippen molar-refractivity contribution in [2.45, 2.75) is 16.9 Å². The summed E-state index contributed by atoms with van der Waals surface area (Å²) in [5.41, 5.74) is 2.63. The minimum Gasteiger partial charge on any atom is -0.449 e. The van der Waals surface area contributed by atoms with Crippen LogP contribution in [0.4, 0.5) is 0 Å². The average molecular weight is 475 g/mol. The lowest BCUT2D eigenvalue weighted by atomic mass is 10.1. The molecule has 2 aromatic carbocycles. The number of hydrogen-bond donors (Lipinski definition) is 0. The summed E-state index contributed by atoms with van der Waals surface area (Å²) in [6.45, 7) is 2.06. The van der Waals surface area contributed by atoms with Crippen LogP contribution in [0.5, 0.6) is 0 Å². The first kappa shape index (κ1) is 18.1. The van der Waals surface area contributed by atoms with E-state index in [2.05, 4.69) is 69.1 Å². The SMILES string of the molecule is Cc1ccc(Sc2oc(/C=C(/C#N)c3ccc(Br)cc3)cc2Br)cc1. The first-order valence-corrected chi connectivity index (χ1v) is 9.87. The molecule has 0 fully saturated rings. The molecule has 2 nitrogen and oxygen atoms in total. The largest absolute Gasteiger partial charge is 0.449 e. The molecule has 5 heteroatoms. The van der Waals surface area contributed by atoms with Gasteiger partial charge >= 0.3 is 0 Å². The number of aryl methyl sites for hydroxylation is 1. The molecule has 0 saturated heterocycles. The lowest BCUT2D eigenvalue weighted by molar-refractivity contribution is 0.463. The zero-order valence-electron chi connectivity index (χ0n) is 13.3. The van der Waals surface area contributed by atoms with Crippen LogP contribution in [-0.4, -0.2) is 0 Å². The van der Waals surface area contributed by atoms with E-state index in [4.69, 9.17) is 4.42 Å². The first-order chi connectivity index (χ1) is 12.0. The van der Waals surface area contributed by atoms with Crippen molar-refractivity contribution in [2.75, 3.05) is 0 Å². The number of halogens is 2. The summed E-state index contributed by atoms with van der Waals surface area (Å²) < 4.78 is 7.76. The average Bonchev–Trinajstić information content (AvgIpc) is 2.95. The molecule has 3 aromatic rings. The van der Waals surface area contributed by atoms with Gasteiger partial charge in [0.05, 0.1) is 16.1 Å². The molecule has 0 aliphatic rings. The Labute approximate surface area is 167 Å². The van der Waals surface area contributed by atoms with E-state index in [0.717, 1.165) is 24.5 Å². The maximum atomic E-state index is 9.46. The zero-order chi connectivity index (χ0) is 17.8. The third-order valence-electron chi connectivity index (χ3n) is 3.47. The molecule has 0 spiro atoms. The van der Waals surface area contributed by atoms with E-state index in [1.807, 2.05) is 30.3 Å². The van der Waals surface area contributed by atoms with Crippen molar-refractivity contribution in [1.29, 1.82) is 5.26 Å². The maximum Gasteiger partial charge on any atom is 0.179 e. The van der Waals surface area contributed by atoms with Crippen molar-refractivity contribution in [3.8, 4) is 6.07 Å². The van der Waals surface area contributed by atoms with Gasteiger partial charge in [-0.1, -0.05) is 57.5 Å². The van der Waals surface area contributed by atoms with Crippen LogP contribution in [0, 0.1) is 18.3 Å². The summed E-state index contributed by atoms with van der Waals surface area (Å²) in [6, 6.07) is 20.0. The Kier molecular flexibility index (Phi) is 5.85. The third kappa shape index (κ3) is 4.66. The number of furan rings is 1. The maximum absolute atomic E-state index is 9.46. The van der Waals surface area contributed by atoms with E-state index >= 15 is 0 Å². The Morgan fingerprint density at radius 2 is 1.76 bits per heavy atom. The Bertz CT molecular complexity index is 951. The predicted octanol–water partition coefficient (Wildman–Crippen LogP) is 7.33. The van der Waals surface area contributed by atoms with Crippen LogP contribution in [0.25, 0.3) is 11.6 Å². The molecule has 0 amide bonds. The Hall–Kier alpha value is -1.74. The van der Waals surface area contributed by atoms with E-state index in [0.29, 0.717) is 11.3 Å². The molecule has 0 aliphatic carbocycles. The summed E-state index contributed by atoms with van der Waals surface area (Å²) in [6.07, 6.45) is 1.76. The number of hydrogen-bond acceptors (Lipinski definition) is 3. The fourth-order valence-corrected chi connectivity index (χ4v) is 3.77. The van der Waals surface area contributed by atoms with Crippen LogP contribution in [-0.2, 0) is 0 Å². The highest BCUT2D eigenvalue weighted by atomic mass is 79.9. The second-order valence-electron chi connectivity index (χ2n) is 5.38. The Morgan fingerprint density at radius 1 is 1.08 bits per heavy atom. The first-order valence-electron chi connectivity index (χ1n) is 7.47. The van der Waals surface area contributed by atoms with Gasteiger partial charge in [0.1, 0.15) is 5.76 Å². The molecule has 0 unspecified atom stereocenters. The highest BCUT2D eigenvalue weighted by Crippen LogP contribution is 2.37. The van der Waals surface area contributed by atoms with Gasteiger partial charge in [-0.05, 0) is 64.8 Å². The standard InChI is InChI=1S/C20H13Br2NOS/c1-13-2-8-18(9-3-13)25-20-19(22)11-17(24-20)10-15(12-23)14-4-6-16(21)7-5-14/h2-11H,1H3/b15-10-. The predicted molar refractivity (Wildman–Crippen MR) is 109 cm³/mol. The molecular weight excluding hydrogens is 462 g/mol. The monoisotopic (exact) mass is 473 g/mol. The van der Waals surface area contributed by atoms with E-state index < -0.39 is 0 Å². The molecule has 0 aliphatic heterocycles. The molecule has 0 bridgehead atoms. The van der Waals surface area contributed by atoms with Crippen LogP contribution >= 0.6 is 43.6 Å². The van der Waals surface area contributed by atoms with Crippen LogP contribution < -0.4 is 0 Å². The molecule has 0 N–H and O–H groups in total. The van der Waals surface area contributed by atoms with Crippen LogP contribution in [0.15, 0.2) is 77.9 Å². The van der Waals surface area contributed by atoms with Crippen LogP contribution in [0.1, 0.15) is 16.9 Å². The molecular formula is C20H13Br2NOS. The van der Waals surface area contributed by atoms with Crippen LogP contribution in [0.2, 0.25) is 0 Å². The summed E-state index contributed by atoms with van der Waals surface area (Å²) in [5.74, 6) is 0.640. The van der Waals surface area contributed by atoms with E-state index in [-0.39, 0.29) is 0 Å². The fourth-order valence-electron chi connectivity index (χ4n) is 2.18. The molecule has 0 saturated carbocycles. The van der Waals surface area contributed by atoms with Crippen LogP contribution in [0.3, 0.4) is 0 Å². The number of nitrogens with zero attached hydrogens (tertiary/aromatic N) is 1. The topological polar surface area (TPSA) is 36.9 Å². The Morgan fingerprint density at radius 3 is 2.40 bits per heavy atom. The highest BCUT2D eigenvalue weighted by molar-refractivity contribution is 9.10. The van der Waals surface area contributed by atoms with E-state index in [1.54, 1.807) is 17.8 Å². The second-order valence-corrected chi connectivity index (χ2v) is 8.19. The molecule has 0 radical (unpaired) electrons. The normalized spacial score (nSPS) is 11.4. The van der Waals surface area contributed by atoms with Crippen molar-refractivity contribution in [3.63, 3.8) is 0 Å². The Balaban J connectivity index is 1.87. The van der Waals surface area contributed by atoms with Gasteiger partial charge in [0.2, 0.25) is 0 Å². The highest BCUT2D eigenvalue weighted by Gasteiger charge is 2.11. The molecule has 0 atom stereocenters. The smallest absolute Gasteiger partial charge is 0.179 e. The van der Waals surface area contributed by atoms with E-state index in [1.165, 1.54) is 5.56 Å². The third-order valence-corrected chi connectivity index (χ3v) is 5.85. The lowest BCUT2D eigenvalue weighted by Crippen LogP contribution is -1.80. The zero-order valence-corrected chi connectivity index (χ0v) is 17.3. The molecule has 1 aromatic heterocycles. The molecule has 124 valence electrons. The van der Waals surface area contributed by atoms with Gasteiger partial charge in [-0.25, -0.2) is 0 Å². The minimum atomic E-state index is 0.556. The van der Waals surface area contributed by atoms with Crippen molar-refractivity contribution in [3.05, 3.63) is 80.4 Å². The number of rotatable bonds is 4. The lowest BCUT2D eigenvalue weighted by Gasteiger charge is -2.00. The molecule has 25 heavy (non-hydrogen) atoms. The van der Waals surface area contributed by atoms with E-state index in [9.17, 15) is 5.26 Å². The van der Waals surface area contributed by atoms with Gasteiger partial charge in [-0.15, -0.1) is 0 Å². The van der Waals surface area contributed by atoms with Crippen molar-refractivity contribution in [1.82, 2.24) is 0 Å². The summed E-state index contributed by atoms with van der Waals surface area (Å²) in [4.78, 5) is 1.10. The quantitative estimate of drug-likeness (QED) is 0.371.